The van der Waals surface area contributed by atoms with E-state index in [-0.39, 0.29) is 0 Å². The molecule has 0 heterocycles. The Labute approximate surface area is 128 Å². The lowest BCUT2D eigenvalue weighted by atomic mass is 9.97. The van der Waals surface area contributed by atoms with Gasteiger partial charge in [-0.05, 0) is 36.3 Å². The zero-order valence-electron chi connectivity index (χ0n) is 12.7. The van der Waals surface area contributed by atoms with E-state index in [1.165, 1.54) is 12.0 Å². The second-order valence-electron chi connectivity index (χ2n) is 5.65. The highest BCUT2D eigenvalue weighted by Crippen LogP contribution is 2.17. The molecule has 0 aromatic heterocycles. The molecule has 1 nitrogen and oxygen atoms in total. The van der Waals surface area contributed by atoms with Crippen LogP contribution >= 0.6 is 0 Å². The smallest absolute Gasteiger partial charge is 0.0971 e. The fraction of sp³-hybridized carbons (Fsp3) is 0.300. The van der Waals surface area contributed by atoms with Crippen molar-refractivity contribution in [2.24, 2.45) is 5.92 Å². The standard InChI is InChI=1S/C20H24O/c1-17(15-16-18-10-4-2-5-11-18)9-8-14-20(21)19-12-6-3-7-13-19/h2-8,10-14,17,20-21H,9,15-16H2,1H3/b14-8+. The number of rotatable bonds is 7. The lowest BCUT2D eigenvalue weighted by Crippen LogP contribution is -1.97. The van der Waals surface area contributed by atoms with E-state index in [4.69, 9.17) is 0 Å². The van der Waals surface area contributed by atoms with Gasteiger partial charge in [-0.15, -0.1) is 0 Å². The van der Waals surface area contributed by atoms with Gasteiger partial charge in [0, 0.05) is 0 Å². The van der Waals surface area contributed by atoms with Crippen LogP contribution in [0.2, 0.25) is 0 Å². The first-order valence-electron chi connectivity index (χ1n) is 7.69. The van der Waals surface area contributed by atoms with Crippen LogP contribution in [0.15, 0.2) is 72.8 Å². The van der Waals surface area contributed by atoms with Crippen molar-refractivity contribution in [2.45, 2.75) is 32.3 Å². The van der Waals surface area contributed by atoms with Gasteiger partial charge >= 0.3 is 0 Å². The van der Waals surface area contributed by atoms with Gasteiger partial charge in [-0.2, -0.15) is 0 Å². The average molecular weight is 280 g/mol. The SMILES string of the molecule is CC(C/C=C/C(O)c1ccccc1)CCc1ccccc1. The van der Waals surface area contributed by atoms with Crippen molar-refractivity contribution in [1.29, 1.82) is 0 Å². The Morgan fingerprint density at radius 2 is 1.57 bits per heavy atom. The van der Waals surface area contributed by atoms with E-state index in [1.807, 2.05) is 36.4 Å². The number of hydrogen-bond donors (Lipinski definition) is 1. The molecule has 0 fully saturated rings. The van der Waals surface area contributed by atoms with Crippen molar-refractivity contribution in [3.63, 3.8) is 0 Å². The first-order valence-corrected chi connectivity index (χ1v) is 7.69. The summed E-state index contributed by atoms with van der Waals surface area (Å²) in [7, 11) is 0. The maximum absolute atomic E-state index is 10.1. The predicted octanol–water partition coefficient (Wildman–Crippen LogP) is 4.94. The molecule has 0 aliphatic carbocycles. The lowest BCUT2D eigenvalue weighted by Gasteiger charge is -2.09. The van der Waals surface area contributed by atoms with E-state index < -0.39 is 6.10 Å². The summed E-state index contributed by atoms with van der Waals surface area (Å²) in [5.74, 6) is 0.629. The minimum Gasteiger partial charge on any atom is -0.384 e. The number of hydrogen-bond acceptors (Lipinski definition) is 1. The zero-order valence-corrected chi connectivity index (χ0v) is 12.7. The van der Waals surface area contributed by atoms with Gasteiger partial charge in [0.15, 0.2) is 0 Å². The number of aliphatic hydroxyl groups is 1. The maximum atomic E-state index is 10.1. The summed E-state index contributed by atoms with van der Waals surface area (Å²) in [6, 6.07) is 20.4. The molecule has 0 radical (unpaired) electrons. The first-order chi connectivity index (χ1) is 10.3. The van der Waals surface area contributed by atoms with Crippen LogP contribution in [-0.2, 0) is 6.42 Å². The minimum atomic E-state index is -0.493. The van der Waals surface area contributed by atoms with Crippen LogP contribution in [0.25, 0.3) is 0 Å². The van der Waals surface area contributed by atoms with Crippen molar-refractivity contribution in [3.8, 4) is 0 Å². The molecule has 0 saturated carbocycles. The molecule has 0 aliphatic rings. The molecule has 1 heteroatoms. The van der Waals surface area contributed by atoms with Gasteiger partial charge in [0.05, 0.1) is 6.10 Å². The van der Waals surface area contributed by atoms with Crippen molar-refractivity contribution in [3.05, 3.63) is 83.9 Å². The van der Waals surface area contributed by atoms with Gasteiger partial charge in [0.1, 0.15) is 0 Å². The highest BCUT2D eigenvalue weighted by Gasteiger charge is 2.03. The summed E-state index contributed by atoms with van der Waals surface area (Å²) in [4.78, 5) is 0. The maximum Gasteiger partial charge on any atom is 0.0971 e. The summed E-state index contributed by atoms with van der Waals surface area (Å²) in [5, 5.41) is 10.1. The number of aryl methyl sites for hydroxylation is 1. The van der Waals surface area contributed by atoms with E-state index >= 15 is 0 Å². The molecule has 21 heavy (non-hydrogen) atoms. The number of benzene rings is 2. The minimum absolute atomic E-state index is 0.493. The van der Waals surface area contributed by atoms with Gasteiger partial charge in [-0.1, -0.05) is 79.7 Å². The van der Waals surface area contributed by atoms with Gasteiger partial charge in [-0.3, -0.25) is 0 Å². The molecule has 2 atom stereocenters. The fourth-order valence-corrected chi connectivity index (χ4v) is 2.38. The molecule has 2 aromatic rings. The fourth-order valence-electron chi connectivity index (χ4n) is 2.38. The third kappa shape index (κ3) is 5.57. The van der Waals surface area contributed by atoms with Crippen LogP contribution < -0.4 is 0 Å². The quantitative estimate of drug-likeness (QED) is 0.713. The zero-order chi connectivity index (χ0) is 14.9. The average Bonchev–Trinajstić information content (AvgIpc) is 2.54. The molecule has 0 saturated heterocycles. The topological polar surface area (TPSA) is 20.2 Å². The Balaban J connectivity index is 1.73. The van der Waals surface area contributed by atoms with Crippen LogP contribution in [0, 0.1) is 5.92 Å². The molecule has 2 rings (SSSR count). The van der Waals surface area contributed by atoms with E-state index in [2.05, 4.69) is 43.3 Å². The van der Waals surface area contributed by atoms with Crippen LogP contribution in [-0.4, -0.2) is 5.11 Å². The van der Waals surface area contributed by atoms with Crippen molar-refractivity contribution in [1.82, 2.24) is 0 Å². The van der Waals surface area contributed by atoms with Crippen molar-refractivity contribution >= 4 is 0 Å². The second-order valence-corrected chi connectivity index (χ2v) is 5.65. The Hall–Kier alpha value is -1.86. The van der Waals surface area contributed by atoms with Crippen LogP contribution in [0.1, 0.15) is 37.0 Å². The Morgan fingerprint density at radius 3 is 2.24 bits per heavy atom. The molecule has 2 aromatic carbocycles. The molecule has 110 valence electrons. The molecule has 0 amide bonds. The number of allylic oxidation sites excluding steroid dienone is 1. The van der Waals surface area contributed by atoms with Gasteiger partial charge in [-0.25, -0.2) is 0 Å². The largest absolute Gasteiger partial charge is 0.384 e. The van der Waals surface area contributed by atoms with Crippen LogP contribution in [0.4, 0.5) is 0 Å². The van der Waals surface area contributed by atoms with Gasteiger partial charge in [0.2, 0.25) is 0 Å². The summed E-state index contributed by atoms with van der Waals surface area (Å²) >= 11 is 0. The lowest BCUT2D eigenvalue weighted by molar-refractivity contribution is 0.228. The van der Waals surface area contributed by atoms with E-state index in [0.29, 0.717) is 5.92 Å². The monoisotopic (exact) mass is 280 g/mol. The van der Waals surface area contributed by atoms with Gasteiger partial charge in [0.25, 0.3) is 0 Å². The van der Waals surface area contributed by atoms with E-state index in [0.717, 1.165) is 18.4 Å². The molecular formula is C20H24O. The van der Waals surface area contributed by atoms with Crippen LogP contribution in [0.5, 0.6) is 0 Å². The summed E-state index contributed by atoms with van der Waals surface area (Å²) in [6.07, 6.45) is 6.82. The van der Waals surface area contributed by atoms with Gasteiger partial charge < -0.3 is 5.11 Å². The molecule has 2 unspecified atom stereocenters. The highest BCUT2D eigenvalue weighted by atomic mass is 16.3. The Morgan fingerprint density at radius 1 is 0.952 bits per heavy atom. The number of aliphatic hydroxyl groups excluding tert-OH is 1. The van der Waals surface area contributed by atoms with E-state index in [1.54, 1.807) is 0 Å². The third-order valence-corrected chi connectivity index (χ3v) is 3.77. The first kappa shape index (κ1) is 15.5. The van der Waals surface area contributed by atoms with Crippen LogP contribution in [0.3, 0.4) is 0 Å². The highest BCUT2D eigenvalue weighted by molar-refractivity contribution is 5.20. The molecular weight excluding hydrogens is 256 g/mol. The van der Waals surface area contributed by atoms with Crippen molar-refractivity contribution in [2.75, 3.05) is 0 Å². The summed E-state index contributed by atoms with van der Waals surface area (Å²) in [6.45, 7) is 2.27. The Bertz CT molecular complexity index is 530. The molecule has 0 bridgehead atoms. The molecule has 0 aliphatic heterocycles. The normalized spacial score (nSPS) is 14.2. The van der Waals surface area contributed by atoms with Crippen molar-refractivity contribution < 1.29 is 5.11 Å². The third-order valence-electron chi connectivity index (χ3n) is 3.77. The Kier molecular flexibility index (Phi) is 6.23. The molecule has 1 N–H and O–H groups in total. The van der Waals surface area contributed by atoms with E-state index in [9.17, 15) is 5.11 Å². The predicted molar refractivity (Wildman–Crippen MR) is 89.1 cm³/mol. The summed E-state index contributed by atoms with van der Waals surface area (Å²) in [5.41, 5.74) is 2.35. The second kappa shape index (κ2) is 8.43. The summed E-state index contributed by atoms with van der Waals surface area (Å²) < 4.78 is 0. The molecule has 0 spiro atoms.